The lowest BCUT2D eigenvalue weighted by Crippen LogP contribution is -2.38. The number of hydrogen-bond acceptors (Lipinski definition) is 5. The smallest absolute Gasteiger partial charge is 0.307 e. The molecule has 126 valence electrons. The van der Waals surface area contributed by atoms with Crippen molar-refractivity contribution < 1.29 is 14.3 Å². The van der Waals surface area contributed by atoms with Crippen molar-refractivity contribution in [3.63, 3.8) is 0 Å². The summed E-state index contributed by atoms with van der Waals surface area (Å²) in [7, 11) is 0.295. The molecule has 0 radical (unpaired) electrons. The van der Waals surface area contributed by atoms with Gasteiger partial charge in [0, 0.05) is 26.4 Å². The topological polar surface area (TPSA) is 79.4 Å². The van der Waals surface area contributed by atoms with Crippen molar-refractivity contribution in [3.05, 3.63) is 18.0 Å². The van der Waals surface area contributed by atoms with Gasteiger partial charge in [-0.25, -0.2) is 4.68 Å². The third-order valence-corrected chi connectivity index (χ3v) is 5.45. The summed E-state index contributed by atoms with van der Waals surface area (Å²) in [5.74, 6) is -0.316. The van der Waals surface area contributed by atoms with Gasteiger partial charge in [0.15, 0.2) is 0 Å². The second-order valence-corrected chi connectivity index (χ2v) is 12.5. The summed E-state index contributed by atoms with van der Waals surface area (Å²) in [5.41, 5.74) is 6.41. The van der Waals surface area contributed by atoms with Crippen molar-refractivity contribution in [1.29, 1.82) is 0 Å². The maximum atomic E-state index is 11.5. The van der Waals surface area contributed by atoms with E-state index in [1.54, 1.807) is 10.9 Å². The average Bonchev–Trinajstić information content (AvgIpc) is 2.91. The highest BCUT2D eigenvalue weighted by molar-refractivity contribution is 6.76. The zero-order valence-electron chi connectivity index (χ0n) is 14.4. The molecule has 22 heavy (non-hydrogen) atoms. The van der Waals surface area contributed by atoms with Crippen molar-refractivity contribution in [2.45, 2.75) is 57.7 Å². The molecule has 0 aromatic carbocycles. The van der Waals surface area contributed by atoms with E-state index < -0.39 is 13.6 Å². The standard InChI is InChI=1S/C15H29N3O3Si/c1-6-15(16,9-14(19)20-2)13-10-17-18(11-13)12-21-7-8-22(3,4)5/h10-11H,6-9,12,16H2,1-5H3/t15-/m0/s1. The van der Waals surface area contributed by atoms with E-state index in [1.165, 1.54) is 7.11 Å². The summed E-state index contributed by atoms with van der Waals surface area (Å²) in [6, 6.07) is 1.12. The largest absolute Gasteiger partial charge is 0.469 e. The van der Waals surface area contributed by atoms with E-state index >= 15 is 0 Å². The Morgan fingerprint density at radius 3 is 2.68 bits per heavy atom. The molecule has 6 nitrogen and oxygen atoms in total. The number of carbonyl (C=O) groups excluding carboxylic acids is 1. The maximum absolute atomic E-state index is 11.5. The van der Waals surface area contributed by atoms with Crippen molar-refractivity contribution in [2.75, 3.05) is 13.7 Å². The normalized spacial score (nSPS) is 14.6. The van der Waals surface area contributed by atoms with Crippen LogP contribution >= 0.6 is 0 Å². The minimum atomic E-state index is -1.07. The molecule has 0 amide bonds. The SMILES string of the molecule is CC[C@](N)(CC(=O)OC)c1cnn(COCC[Si](C)(C)C)c1. The third kappa shape index (κ3) is 5.90. The van der Waals surface area contributed by atoms with E-state index in [2.05, 4.69) is 24.7 Å². The Morgan fingerprint density at radius 2 is 2.14 bits per heavy atom. The van der Waals surface area contributed by atoms with Crippen LogP contribution in [0.1, 0.15) is 25.3 Å². The molecule has 0 spiro atoms. The lowest BCUT2D eigenvalue weighted by atomic mass is 9.87. The minimum absolute atomic E-state index is 0.141. The number of esters is 1. The molecular weight excluding hydrogens is 298 g/mol. The summed E-state index contributed by atoms with van der Waals surface area (Å²) in [6.07, 6.45) is 4.32. The number of methoxy groups -OCH3 is 1. The first-order chi connectivity index (χ1) is 10.2. The van der Waals surface area contributed by atoms with Crippen LogP contribution in [0.5, 0.6) is 0 Å². The van der Waals surface area contributed by atoms with Crippen LogP contribution in [0, 0.1) is 0 Å². The molecule has 0 fully saturated rings. The third-order valence-electron chi connectivity index (χ3n) is 3.75. The maximum Gasteiger partial charge on any atom is 0.307 e. The zero-order valence-corrected chi connectivity index (χ0v) is 15.4. The summed E-state index contributed by atoms with van der Waals surface area (Å²) in [6.45, 7) is 10.1. The highest BCUT2D eigenvalue weighted by Crippen LogP contribution is 2.26. The Balaban J connectivity index is 2.60. The van der Waals surface area contributed by atoms with Gasteiger partial charge in [0.2, 0.25) is 0 Å². The Kier molecular flexibility index (Phi) is 6.77. The van der Waals surface area contributed by atoms with Crippen LogP contribution in [0.15, 0.2) is 12.4 Å². The number of nitrogens with zero attached hydrogens (tertiary/aromatic N) is 2. The highest BCUT2D eigenvalue weighted by Gasteiger charge is 2.30. The van der Waals surface area contributed by atoms with Crippen molar-refractivity contribution in [1.82, 2.24) is 9.78 Å². The van der Waals surface area contributed by atoms with Gasteiger partial charge in [-0.05, 0) is 12.5 Å². The summed E-state index contributed by atoms with van der Waals surface area (Å²) in [4.78, 5) is 11.5. The van der Waals surface area contributed by atoms with Gasteiger partial charge in [-0.2, -0.15) is 5.10 Å². The fourth-order valence-electron chi connectivity index (χ4n) is 1.99. The van der Waals surface area contributed by atoms with E-state index in [4.69, 9.17) is 15.2 Å². The average molecular weight is 328 g/mol. The van der Waals surface area contributed by atoms with Crippen LogP contribution in [0.4, 0.5) is 0 Å². The monoisotopic (exact) mass is 327 g/mol. The van der Waals surface area contributed by atoms with E-state index in [0.717, 1.165) is 18.2 Å². The molecule has 1 aromatic rings. The summed E-state index contributed by atoms with van der Waals surface area (Å²) in [5, 5.41) is 4.27. The van der Waals surface area contributed by atoms with E-state index in [9.17, 15) is 4.79 Å². The zero-order chi connectivity index (χ0) is 16.8. The highest BCUT2D eigenvalue weighted by atomic mass is 28.3. The van der Waals surface area contributed by atoms with Crippen molar-refractivity contribution in [3.8, 4) is 0 Å². The van der Waals surface area contributed by atoms with E-state index in [-0.39, 0.29) is 12.4 Å². The number of nitrogens with two attached hydrogens (primary N) is 1. The van der Waals surface area contributed by atoms with Gasteiger partial charge in [-0.15, -0.1) is 0 Å². The molecule has 7 heteroatoms. The first kappa shape index (κ1) is 18.9. The number of hydrogen-bond donors (Lipinski definition) is 1. The molecular formula is C15H29N3O3Si. The van der Waals surface area contributed by atoms with Crippen LogP contribution in [0.3, 0.4) is 0 Å². The van der Waals surface area contributed by atoms with Crippen LogP contribution < -0.4 is 5.73 Å². The van der Waals surface area contributed by atoms with Crippen LogP contribution in [0.2, 0.25) is 25.7 Å². The molecule has 1 rings (SSSR count). The number of aromatic nitrogens is 2. The number of rotatable bonds is 9. The van der Waals surface area contributed by atoms with Gasteiger partial charge in [0.25, 0.3) is 0 Å². The second kappa shape index (κ2) is 7.89. The molecule has 0 aliphatic carbocycles. The summed E-state index contributed by atoms with van der Waals surface area (Å²) < 4.78 is 12.1. The number of carbonyl (C=O) groups is 1. The molecule has 0 aliphatic heterocycles. The van der Waals surface area contributed by atoms with Gasteiger partial charge in [0.05, 0.1) is 25.3 Å². The molecule has 0 saturated heterocycles. The van der Waals surface area contributed by atoms with Gasteiger partial charge < -0.3 is 15.2 Å². The van der Waals surface area contributed by atoms with Crippen molar-refractivity contribution in [2.24, 2.45) is 5.73 Å². The molecule has 1 aromatic heterocycles. The molecule has 0 unspecified atom stereocenters. The number of ether oxygens (including phenoxy) is 2. The molecule has 1 heterocycles. The molecule has 0 aliphatic rings. The lowest BCUT2D eigenvalue weighted by Gasteiger charge is -2.25. The van der Waals surface area contributed by atoms with Crippen LogP contribution in [-0.2, 0) is 26.5 Å². The first-order valence-corrected chi connectivity index (χ1v) is 11.4. The van der Waals surface area contributed by atoms with Crippen LogP contribution in [-0.4, -0.2) is 37.5 Å². The minimum Gasteiger partial charge on any atom is -0.469 e. The molecule has 0 bridgehead atoms. The second-order valence-electron chi connectivity index (χ2n) is 6.88. The van der Waals surface area contributed by atoms with Gasteiger partial charge >= 0.3 is 5.97 Å². The first-order valence-electron chi connectivity index (χ1n) is 7.66. The van der Waals surface area contributed by atoms with E-state index in [1.807, 2.05) is 13.1 Å². The van der Waals surface area contributed by atoms with E-state index in [0.29, 0.717) is 13.2 Å². The van der Waals surface area contributed by atoms with Crippen LogP contribution in [0.25, 0.3) is 0 Å². The van der Waals surface area contributed by atoms with Gasteiger partial charge in [0.1, 0.15) is 6.73 Å². The fraction of sp³-hybridized carbons (Fsp3) is 0.733. The fourth-order valence-corrected chi connectivity index (χ4v) is 2.75. The molecule has 0 saturated carbocycles. The molecule has 1 atom stereocenters. The quantitative estimate of drug-likeness (QED) is 0.428. The predicted molar refractivity (Wildman–Crippen MR) is 89.1 cm³/mol. The molecule has 2 N–H and O–H groups in total. The lowest BCUT2D eigenvalue weighted by molar-refractivity contribution is -0.142. The summed E-state index contributed by atoms with van der Waals surface area (Å²) >= 11 is 0. The predicted octanol–water partition coefficient (Wildman–Crippen LogP) is 2.32. The van der Waals surface area contributed by atoms with Crippen molar-refractivity contribution >= 4 is 14.0 Å². The Labute approximate surface area is 134 Å². The Hall–Kier alpha value is -1.18. The Bertz CT molecular complexity index is 485. The Morgan fingerprint density at radius 1 is 1.45 bits per heavy atom. The van der Waals surface area contributed by atoms with Gasteiger partial charge in [-0.3, -0.25) is 4.79 Å². The van der Waals surface area contributed by atoms with Gasteiger partial charge in [-0.1, -0.05) is 26.6 Å².